The highest BCUT2D eigenvalue weighted by molar-refractivity contribution is 6.29. The van der Waals surface area contributed by atoms with Gasteiger partial charge in [-0.25, -0.2) is 4.98 Å². The van der Waals surface area contributed by atoms with Crippen molar-refractivity contribution in [3.8, 4) is 0 Å². The molecule has 1 aromatic rings. The maximum atomic E-state index is 11.0. The Bertz CT molecular complexity index is 402. The fourth-order valence-electron chi connectivity index (χ4n) is 2.25. The predicted molar refractivity (Wildman–Crippen MR) is 67.8 cm³/mol. The van der Waals surface area contributed by atoms with E-state index in [4.69, 9.17) is 17.3 Å². The number of carbonyl (C=O) groups excluding carboxylic acids is 1. The number of rotatable bonds is 3. The first kappa shape index (κ1) is 12.2. The molecule has 0 bridgehead atoms. The summed E-state index contributed by atoms with van der Waals surface area (Å²) in [6.45, 7) is 0. The first-order valence-electron chi connectivity index (χ1n) is 5.82. The van der Waals surface area contributed by atoms with Gasteiger partial charge in [-0.05, 0) is 37.8 Å². The van der Waals surface area contributed by atoms with E-state index in [1.807, 2.05) is 12.1 Å². The van der Waals surface area contributed by atoms with Crippen LogP contribution in [-0.4, -0.2) is 16.9 Å². The molecular formula is C12H16ClN3O. The van der Waals surface area contributed by atoms with Crippen LogP contribution in [0.1, 0.15) is 25.7 Å². The van der Waals surface area contributed by atoms with Gasteiger partial charge in [-0.1, -0.05) is 11.6 Å². The Balaban J connectivity index is 1.88. The fourth-order valence-corrected chi connectivity index (χ4v) is 2.42. The largest absolute Gasteiger partial charge is 0.382 e. The Kier molecular flexibility index (Phi) is 3.84. The second-order valence-corrected chi connectivity index (χ2v) is 4.85. The van der Waals surface area contributed by atoms with Gasteiger partial charge in [-0.15, -0.1) is 0 Å². The number of carbonyl (C=O) groups is 1. The van der Waals surface area contributed by atoms with Gasteiger partial charge in [0.25, 0.3) is 0 Å². The summed E-state index contributed by atoms with van der Waals surface area (Å²) < 4.78 is 0. The molecule has 1 aliphatic carbocycles. The number of nitrogens with two attached hydrogens (primary N) is 1. The standard InChI is InChI=1S/C12H16ClN3O/c13-11-7-10(5-6-15-11)16-9-3-1-8(2-4-9)12(14)17/h5-9H,1-4H2,(H2,14,17)(H,15,16). The van der Waals surface area contributed by atoms with E-state index in [0.717, 1.165) is 31.4 Å². The maximum Gasteiger partial charge on any atom is 0.220 e. The van der Waals surface area contributed by atoms with Gasteiger partial charge in [0.1, 0.15) is 5.15 Å². The van der Waals surface area contributed by atoms with Crippen molar-refractivity contribution in [1.82, 2.24) is 4.98 Å². The summed E-state index contributed by atoms with van der Waals surface area (Å²) >= 11 is 5.81. The van der Waals surface area contributed by atoms with Crippen LogP contribution in [0.25, 0.3) is 0 Å². The van der Waals surface area contributed by atoms with E-state index in [-0.39, 0.29) is 11.8 Å². The lowest BCUT2D eigenvalue weighted by Crippen LogP contribution is -2.32. The molecule has 3 N–H and O–H groups in total. The monoisotopic (exact) mass is 253 g/mol. The van der Waals surface area contributed by atoms with E-state index < -0.39 is 0 Å². The fraction of sp³-hybridized carbons (Fsp3) is 0.500. The smallest absolute Gasteiger partial charge is 0.220 e. The van der Waals surface area contributed by atoms with Gasteiger partial charge in [0.2, 0.25) is 5.91 Å². The van der Waals surface area contributed by atoms with Gasteiger partial charge in [-0.3, -0.25) is 4.79 Å². The molecule has 0 saturated heterocycles. The summed E-state index contributed by atoms with van der Waals surface area (Å²) in [6.07, 6.45) is 5.35. The van der Waals surface area contributed by atoms with Gasteiger partial charge in [-0.2, -0.15) is 0 Å². The van der Waals surface area contributed by atoms with Gasteiger partial charge in [0.05, 0.1) is 0 Å². The highest BCUT2D eigenvalue weighted by Gasteiger charge is 2.24. The van der Waals surface area contributed by atoms with Crippen LogP contribution < -0.4 is 11.1 Å². The third-order valence-electron chi connectivity index (χ3n) is 3.23. The molecule has 0 unspecified atom stereocenters. The lowest BCUT2D eigenvalue weighted by molar-refractivity contribution is -0.122. The Hall–Kier alpha value is -1.29. The van der Waals surface area contributed by atoms with E-state index >= 15 is 0 Å². The zero-order chi connectivity index (χ0) is 12.3. The average molecular weight is 254 g/mol. The highest BCUT2D eigenvalue weighted by atomic mass is 35.5. The van der Waals surface area contributed by atoms with Crippen molar-refractivity contribution in [2.24, 2.45) is 11.7 Å². The van der Waals surface area contributed by atoms with Crippen LogP contribution in [0.3, 0.4) is 0 Å². The molecule has 1 amide bonds. The van der Waals surface area contributed by atoms with Crippen molar-refractivity contribution >= 4 is 23.2 Å². The van der Waals surface area contributed by atoms with E-state index in [2.05, 4.69) is 10.3 Å². The molecule has 1 heterocycles. The quantitative estimate of drug-likeness (QED) is 0.812. The Morgan fingerprint density at radius 3 is 2.71 bits per heavy atom. The van der Waals surface area contributed by atoms with E-state index in [0.29, 0.717) is 11.2 Å². The van der Waals surface area contributed by atoms with E-state index in [1.54, 1.807) is 6.20 Å². The first-order chi connectivity index (χ1) is 8.15. The molecule has 1 aliphatic rings. The van der Waals surface area contributed by atoms with Gasteiger partial charge >= 0.3 is 0 Å². The molecule has 0 atom stereocenters. The lowest BCUT2D eigenvalue weighted by atomic mass is 9.85. The number of primary amides is 1. The second kappa shape index (κ2) is 5.36. The molecule has 1 fully saturated rings. The van der Waals surface area contributed by atoms with Crippen LogP contribution in [0, 0.1) is 5.92 Å². The highest BCUT2D eigenvalue weighted by Crippen LogP contribution is 2.26. The zero-order valence-electron chi connectivity index (χ0n) is 9.53. The number of hydrogen-bond acceptors (Lipinski definition) is 3. The molecule has 5 heteroatoms. The topological polar surface area (TPSA) is 68.0 Å². The normalized spacial score (nSPS) is 24.3. The Morgan fingerprint density at radius 2 is 2.12 bits per heavy atom. The van der Waals surface area contributed by atoms with Crippen LogP contribution in [0.5, 0.6) is 0 Å². The number of hydrogen-bond donors (Lipinski definition) is 2. The van der Waals surface area contributed by atoms with Crippen LogP contribution in [0.2, 0.25) is 5.15 Å². The molecular weight excluding hydrogens is 238 g/mol. The van der Waals surface area contributed by atoms with E-state index in [1.165, 1.54) is 0 Å². The second-order valence-electron chi connectivity index (χ2n) is 4.46. The predicted octanol–water partition coefficient (Wildman–Crippen LogP) is 2.19. The van der Waals surface area contributed by atoms with Crippen molar-refractivity contribution in [3.05, 3.63) is 23.5 Å². The van der Waals surface area contributed by atoms with Crippen LogP contribution in [0.15, 0.2) is 18.3 Å². The van der Waals surface area contributed by atoms with Crippen LogP contribution in [-0.2, 0) is 4.79 Å². The van der Waals surface area contributed by atoms with Gasteiger partial charge < -0.3 is 11.1 Å². The number of aromatic nitrogens is 1. The minimum absolute atomic E-state index is 0.0501. The molecule has 92 valence electrons. The lowest BCUT2D eigenvalue weighted by Gasteiger charge is -2.28. The molecule has 1 aromatic heterocycles. The molecule has 1 saturated carbocycles. The number of anilines is 1. The van der Waals surface area contributed by atoms with Crippen LogP contribution in [0.4, 0.5) is 5.69 Å². The summed E-state index contributed by atoms with van der Waals surface area (Å²) in [6, 6.07) is 4.09. The summed E-state index contributed by atoms with van der Waals surface area (Å²) in [5.74, 6) is -0.121. The number of nitrogens with one attached hydrogen (secondary N) is 1. The van der Waals surface area contributed by atoms with Crippen molar-refractivity contribution in [3.63, 3.8) is 0 Å². The van der Waals surface area contributed by atoms with E-state index in [9.17, 15) is 4.79 Å². The molecule has 0 aromatic carbocycles. The van der Waals surface area contributed by atoms with Gasteiger partial charge in [0.15, 0.2) is 0 Å². The zero-order valence-corrected chi connectivity index (χ0v) is 10.3. The van der Waals surface area contributed by atoms with Crippen LogP contribution >= 0.6 is 11.6 Å². The first-order valence-corrected chi connectivity index (χ1v) is 6.20. The minimum atomic E-state index is -0.171. The molecule has 17 heavy (non-hydrogen) atoms. The molecule has 0 spiro atoms. The maximum absolute atomic E-state index is 11.0. The number of pyridine rings is 1. The van der Waals surface area contributed by atoms with Crippen molar-refractivity contribution in [1.29, 1.82) is 0 Å². The summed E-state index contributed by atoms with van der Waals surface area (Å²) in [4.78, 5) is 15.0. The average Bonchev–Trinajstić information content (AvgIpc) is 2.29. The number of nitrogens with zero attached hydrogens (tertiary/aromatic N) is 1. The number of amides is 1. The molecule has 0 radical (unpaired) electrons. The minimum Gasteiger partial charge on any atom is -0.382 e. The molecule has 0 aliphatic heterocycles. The van der Waals surface area contributed by atoms with Crippen molar-refractivity contribution in [2.75, 3.05) is 5.32 Å². The Labute approximate surface area is 106 Å². The third kappa shape index (κ3) is 3.33. The van der Waals surface area contributed by atoms with Gasteiger partial charge in [0, 0.05) is 23.8 Å². The Morgan fingerprint density at radius 1 is 1.41 bits per heavy atom. The summed E-state index contributed by atoms with van der Waals surface area (Å²) in [7, 11) is 0. The third-order valence-corrected chi connectivity index (χ3v) is 3.43. The number of halogens is 1. The van der Waals surface area contributed by atoms with Crippen molar-refractivity contribution < 1.29 is 4.79 Å². The molecule has 2 rings (SSSR count). The molecule has 4 nitrogen and oxygen atoms in total. The van der Waals surface area contributed by atoms with Crippen molar-refractivity contribution in [2.45, 2.75) is 31.7 Å². The summed E-state index contributed by atoms with van der Waals surface area (Å²) in [5.41, 5.74) is 6.28. The summed E-state index contributed by atoms with van der Waals surface area (Å²) in [5, 5.41) is 3.89. The SMILES string of the molecule is NC(=O)C1CCC(Nc2ccnc(Cl)c2)CC1.